The van der Waals surface area contributed by atoms with E-state index in [1.165, 1.54) is 11.5 Å². The first-order chi connectivity index (χ1) is 8.28. The minimum atomic E-state index is 0.667. The number of nitrogens with zero attached hydrogens (tertiary/aromatic N) is 3. The molecule has 0 aliphatic carbocycles. The van der Waals surface area contributed by atoms with E-state index in [1.807, 2.05) is 12.3 Å². The van der Waals surface area contributed by atoms with Crippen LogP contribution in [-0.2, 0) is 11.2 Å². The standard InChI is InChI=1S/C10H14N4OS2/c1-7-6-16-9(12-7)5-8-13-10(17-14-8)11-3-4-15-2/h6H,3-5H2,1-2H3,(H,11,13,14). The number of aryl methyl sites for hydroxylation is 1. The summed E-state index contributed by atoms with van der Waals surface area (Å²) in [6.45, 7) is 3.41. The summed E-state index contributed by atoms with van der Waals surface area (Å²) >= 11 is 3.02. The van der Waals surface area contributed by atoms with Crippen LogP contribution in [0.2, 0.25) is 0 Å². The predicted octanol–water partition coefficient (Wildman–Crippen LogP) is 1.95. The van der Waals surface area contributed by atoms with Gasteiger partial charge in [-0.1, -0.05) is 0 Å². The van der Waals surface area contributed by atoms with Crippen molar-refractivity contribution in [3.05, 3.63) is 21.9 Å². The number of thiazole rings is 1. The third kappa shape index (κ3) is 3.72. The molecular formula is C10H14N4OS2. The molecule has 0 radical (unpaired) electrons. The van der Waals surface area contributed by atoms with Crippen LogP contribution in [0.1, 0.15) is 16.5 Å². The molecule has 2 rings (SSSR count). The molecule has 7 heteroatoms. The highest BCUT2D eigenvalue weighted by molar-refractivity contribution is 7.10. The molecule has 0 saturated carbocycles. The maximum atomic E-state index is 4.95. The van der Waals surface area contributed by atoms with Crippen LogP contribution in [0.5, 0.6) is 0 Å². The van der Waals surface area contributed by atoms with Gasteiger partial charge in [0.2, 0.25) is 5.13 Å². The molecule has 17 heavy (non-hydrogen) atoms. The molecule has 0 aliphatic rings. The Morgan fingerprint density at radius 2 is 2.29 bits per heavy atom. The topological polar surface area (TPSA) is 59.9 Å². The minimum Gasteiger partial charge on any atom is -0.383 e. The van der Waals surface area contributed by atoms with Gasteiger partial charge < -0.3 is 10.1 Å². The fourth-order valence-corrected chi connectivity index (χ4v) is 2.66. The van der Waals surface area contributed by atoms with Gasteiger partial charge in [-0.2, -0.15) is 4.37 Å². The summed E-state index contributed by atoms with van der Waals surface area (Å²) in [5.41, 5.74) is 1.05. The van der Waals surface area contributed by atoms with Crippen LogP contribution in [0.15, 0.2) is 5.38 Å². The molecule has 0 unspecified atom stereocenters. The Labute approximate surface area is 108 Å². The van der Waals surface area contributed by atoms with Gasteiger partial charge in [0.15, 0.2) is 5.82 Å². The Hall–Kier alpha value is -1.05. The molecular weight excluding hydrogens is 256 g/mol. The van der Waals surface area contributed by atoms with Crippen LogP contribution < -0.4 is 5.32 Å². The first-order valence-electron chi connectivity index (χ1n) is 5.24. The molecule has 0 aromatic carbocycles. The van der Waals surface area contributed by atoms with E-state index in [0.717, 1.165) is 28.2 Å². The monoisotopic (exact) mass is 270 g/mol. The quantitative estimate of drug-likeness (QED) is 0.813. The van der Waals surface area contributed by atoms with Crippen molar-refractivity contribution < 1.29 is 4.74 Å². The normalized spacial score (nSPS) is 10.7. The lowest BCUT2D eigenvalue weighted by molar-refractivity contribution is 0.211. The summed E-state index contributed by atoms with van der Waals surface area (Å²) in [6.07, 6.45) is 0.709. The molecule has 2 heterocycles. The Morgan fingerprint density at radius 1 is 1.41 bits per heavy atom. The number of rotatable bonds is 6. The molecule has 0 fully saturated rings. The number of aromatic nitrogens is 3. The van der Waals surface area contributed by atoms with Crippen molar-refractivity contribution in [1.82, 2.24) is 14.3 Å². The Kier molecular flexibility index (Phi) is 4.41. The lowest BCUT2D eigenvalue weighted by atomic mass is 10.4. The van der Waals surface area contributed by atoms with Gasteiger partial charge >= 0.3 is 0 Å². The number of ether oxygens (including phenoxy) is 1. The van der Waals surface area contributed by atoms with E-state index in [2.05, 4.69) is 19.7 Å². The first-order valence-corrected chi connectivity index (χ1v) is 6.89. The Bertz CT molecular complexity index is 468. The zero-order chi connectivity index (χ0) is 12.1. The van der Waals surface area contributed by atoms with E-state index in [9.17, 15) is 0 Å². The SMILES string of the molecule is COCCNc1nc(Cc2nc(C)cs2)ns1. The highest BCUT2D eigenvalue weighted by Crippen LogP contribution is 2.16. The average Bonchev–Trinajstić information content (AvgIpc) is 2.90. The smallest absolute Gasteiger partial charge is 0.202 e. The van der Waals surface area contributed by atoms with Gasteiger partial charge in [-0.3, -0.25) is 0 Å². The highest BCUT2D eigenvalue weighted by Gasteiger charge is 2.07. The lowest BCUT2D eigenvalue weighted by Gasteiger charge is -1.98. The van der Waals surface area contributed by atoms with Crippen molar-refractivity contribution >= 4 is 28.0 Å². The number of hydrogen-bond donors (Lipinski definition) is 1. The van der Waals surface area contributed by atoms with Crippen molar-refractivity contribution in [2.45, 2.75) is 13.3 Å². The molecule has 5 nitrogen and oxygen atoms in total. The van der Waals surface area contributed by atoms with Crippen molar-refractivity contribution in [3.63, 3.8) is 0 Å². The maximum absolute atomic E-state index is 4.95. The van der Waals surface area contributed by atoms with Crippen molar-refractivity contribution in [1.29, 1.82) is 0 Å². The third-order valence-electron chi connectivity index (χ3n) is 2.03. The second-order valence-electron chi connectivity index (χ2n) is 3.49. The van der Waals surface area contributed by atoms with Crippen LogP contribution in [0.25, 0.3) is 0 Å². The zero-order valence-electron chi connectivity index (χ0n) is 9.77. The molecule has 0 spiro atoms. The van der Waals surface area contributed by atoms with E-state index in [-0.39, 0.29) is 0 Å². The average molecular weight is 270 g/mol. The van der Waals surface area contributed by atoms with Crippen LogP contribution >= 0.6 is 22.9 Å². The van der Waals surface area contributed by atoms with Gasteiger partial charge in [-0.15, -0.1) is 11.3 Å². The zero-order valence-corrected chi connectivity index (χ0v) is 11.4. The molecule has 0 amide bonds. The minimum absolute atomic E-state index is 0.667. The third-order valence-corrected chi connectivity index (χ3v) is 3.70. The van der Waals surface area contributed by atoms with Gasteiger partial charge in [0, 0.05) is 36.3 Å². The van der Waals surface area contributed by atoms with Crippen LogP contribution in [0.4, 0.5) is 5.13 Å². The molecule has 0 aliphatic heterocycles. The predicted molar refractivity (Wildman–Crippen MR) is 69.9 cm³/mol. The van der Waals surface area contributed by atoms with Gasteiger partial charge in [0.05, 0.1) is 13.0 Å². The van der Waals surface area contributed by atoms with E-state index in [1.54, 1.807) is 18.4 Å². The molecule has 2 aromatic heterocycles. The van der Waals surface area contributed by atoms with Gasteiger partial charge in [0.25, 0.3) is 0 Å². The molecule has 0 saturated heterocycles. The number of methoxy groups -OCH3 is 1. The van der Waals surface area contributed by atoms with Crippen molar-refractivity contribution in [3.8, 4) is 0 Å². The second-order valence-corrected chi connectivity index (χ2v) is 5.19. The first kappa shape index (κ1) is 12.4. The maximum Gasteiger partial charge on any atom is 0.202 e. The largest absolute Gasteiger partial charge is 0.383 e. The second kappa shape index (κ2) is 6.04. The lowest BCUT2D eigenvalue weighted by Crippen LogP contribution is -2.07. The summed E-state index contributed by atoms with van der Waals surface area (Å²) in [7, 11) is 1.68. The van der Waals surface area contributed by atoms with E-state index < -0.39 is 0 Å². The van der Waals surface area contributed by atoms with Crippen LogP contribution in [0, 0.1) is 6.92 Å². The molecule has 0 atom stereocenters. The van der Waals surface area contributed by atoms with Gasteiger partial charge in [-0.05, 0) is 6.92 Å². The van der Waals surface area contributed by atoms with Crippen LogP contribution in [-0.4, -0.2) is 34.6 Å². The van der Waals surface area contributed by atoms with E-state index >= 15 is 0 Å². The fourth-order valence-electron chi connectivity index (χ4n) is 1.28. The van der Waals surface area contributed by atoms with Crippen LogP contribution in [0.3, 0.4) is 0 Å². The Morgan fingerprint density at radius 3 is 3.00 bits per heavy atom. The molecule has 1 N–H and O–H groups in total. The molecule has 0 bridgehead atoms. The summed E-state index contributed by atoms with van der Waals surface area (Å²) in [4.78, 5) is 8.79. The van der Waals surface area contributed by atoms with Crippen molar-refractivity contribution in [2.75, 3.05) is 25.6 Å². The number of hydrogen-bond acceptors (Lipinski definition) is 7. The number of nitrogens with one attached hydrogen (secondary N) is 1. The van der Waals surface area contributed by atoms with Gasteiger partial charge in [-0.25, -0.2) is 9.97 Å². The summed E-state index contributed by atoms with van der Waals surface area (Å²) in [5.74, 6) is 0.823. The molecule has 92 valence electrons. The summed E-state index contributed by atoms with van der Waals surface area (Å²) in [6, 6.07) is 0. The Balaban J connectivity index is 1.89. The van der Waals surface area contributed by atoms with E-state index in [4.69, 9.17) is 4.74 Å². The molecule has 2 aromatic rings. The highest BCUT2D eigenvalue weighted by atomic mass is 32.1. The summed E-state index contributed by atoms with van der Waals surface area (Å²) < 4.78 is 9.25. The van der Waals surface area contributed by atoms with Crippen molar-refractivity contribution in [2.24, 2.45) is 0 Å². The number of anilines is 1. The summed E-state index contributed by atoms with van der Waals surface area (Å²) in [5, 5.41) is 7.10. The fraction of sp³-hybridized carbons (Fsp3) is 0.500. The van der Waals surface area contributed by atoms with E-state index in [0.29, 0.717) is 13.0 Å². The van der Waals surface area contributed by atoms with Gasteiger partial charge in [0.1, 0.15) is 5.01 Å².